The molecule has 1 N–H and O–H groups in total. The van der Waals surface area contributed by atoms with Gasteiger partial charge >= 0.3 is 0 Å². The van der Waals surface area contributed by atoms with Crippen LogP contribution >= 0.6 is 0 Å². The predicted octanol–water partition coefficient (Wildman–Crippen LogP) is 3.50. The van der Waals surface area contributed by atoms with E-state index < -0.39 is 0 Å². The molecule has 2 heterocycles. The van der Waals surface area contributed by atoms with Gasteiger partial charge in [-0.2, -0.15) is 0 Å². The van der Waals surface area contributed by atoms with E-state index in [1.165, 1.54) is 18.4 Å². The lowest BCUT2D eigenvalue weighted by atomic mass is 9.97. The Bertz CT molecular complexity index is 969. The molecule has 2 aromatic carbocycles. The summed E-state index contributed by atoms with van der Waals surface area (Å²) in [5.41, 5.74) is 1.77. The molecular weight excluding hydrogens is 432 g/mol. The number of rotatable bonds is 11. The number of nitrogens with one attached hydrogen (secondary N) is 1. The number of hydrogen-bond donors (Lipinski definition) is 1. The topological polar surface area (TPSA) is 77.1 Å². The molecule has 7 heteroatoms. The molecule has 2 aliphatic rings. The number of carbonyl (C=O) groups excluding carboxylic acids is 2. The summed E-state index contributed by atoms with van der Waals surface area (Å²) in [6.07, 6.45) is 3.69. The van der Waals surface area contributed by atoms with Crippen molar-refractivity contribution in [3.8, 4) is 17.2 Å². The molecule has 0 saturated carbocycles. The Kier molecular flexibility index (Phi) is 8.41. The van der Waals surface area contributed by atoms with Gasteiger partial charge in [0.2, 0.25) is 5.91 Å². The minimum atomic E-state index is -0.0875. The lowest BCUT2D eigenvalue weighted by molar-refractivity contribution is -0.121. The van der Waals surface area contributed by atoms with Crippen LogP contribution in [0.5, 0.6) is 17.2 Å². The zero-order valence-electron chi connectivity index (χ0n) is 19.9. The highest BCUT2D eigenvalue weighted by Crippen LogP contribution is 2.31. The van der Waals surface area contributed by atoms with Gasteiger partial charge in [0.25, 0.3) is 0 Å². The molecule has 1 amide bonds. The molecule has 34 heavy (non-hydrogen) atoms. The van der Waals surface area contributed by atoms with Crippen molar-refractivity contribution in [1.82, 2.24) is 10.2 Å². The summed E-state index contributed by atoms with van der Waals surface area (Å²) in [5, 5.41) is 3.07. The third-order valence-corrected chi connectivity index (χ3v) is 6.43. The summed E-state index contributed by atoms with van der Waals surface area (Å²) in [5.74, 6) is 2.45. The first-order valence-corrected chi connectivity index (χ1v) is 12.2. The smallest absolute Gasteiger partial charge is 0.220 e. The van der Waals surface area contributed by atoms with E-state index in [0.29, 0.717) is 31.1 Å². The van der Waals surface area contributed by atoms with Crippen molar-refractivity contribution in [2.24, 2.45) is 5.92 Å². The van der Waals surface area contributed by atoms with Gasteiger partial charge in [-0.1, -0.05) is 6.07 Å². The van der Waals surface area contributed by atoms with E-state index in [9.17, 15) is 9.59 Å². The van der Waals surface area contributed by atoms with Crippen LogP contribution in [-0.4, -0.2) is 63.1 Å². The molecule has 1 unspecified atom stereocenters. The molecule has 2 aliphatic heterocycles. The molecule has 1 fully saturated rings. The standard InChI is InChI=1S/C27H34N2O5/c1-32-23-7-5-22(6-8-23)24(30)9-11-27(31)28-18-21(19-29-12-2-3-13-29)16-20-4-10-25-26(17-20)34-15-14-33-25/h4-8,10,17,21H,2-3,9,11-16,18-19H2,1H3,(H,28,31). The van der Waals surface area contributed by atoms with Crippen LogP contribution < -0.4 is 19.5 Å². The van der Waals surface area contributed by atoms with Gasteiger partial charge in [-0.25, -0.2) is 0 Å². The number of nitrogens with zero attached hydrogens (tertiary/aromatic N) is 1. The van der Waals surface area contributed by atoms with Gasteiger partial charge in [0.1, 0.15) is 19.0 Å². The Labute approximate surface area is 201 Å². The fraction of sp³-hybridized carbons (Fsp3) is 0.481. The van der Waals surface area contributed by atoms with Gasteiger partial charge in [-0.15, -0.1) is 0 Å². The molecule has 1 atom stereocenters. The molecule has 0 radical (unpaired) electrons. The number of likely N-dealkylation sites (tertiary alicyclic amines) is 1. The van der Waals surface area contributed by atoms with E-state index in [1.807, 2.05) is 6.07 Å². The quantitative estimate of drug-likeness (QED) is 0.511. The highest BCUT2D eigenvalue weighted by atomic mass is 16.6. The largest absolute Gasteiger partial charge is 0.497 e. The Balaban J connectivity index is 1.29. The average molecular weight is 467 g/mol. The van der Waals surface area contributed by atoms with Crippen LogP contribution in [0.15, 0.2) is 42.5 Å². The second-order valence-corrected chi connectivity index (χ2v) is 9.01. The van der Waals surface area contributed by atoms with Gasteiger partial charge in [0.15, 0.2) is 17.3 Å². The third-order valence-electron chi connectivity index (χ3n) is 6.43. The third kappa shape index (κ3) is 6.73. The summed E-state index contributed by atoms with van der Waals surface area (Å²) in [6.45, 7) is 4.90. The summed E-state index contributed by atoms with van der Waals surface area (Å²) >= 11 is 0. The molecule has 1 saturated heterocycles. The van der Waals surface area contributed by atoms with Crippen molar-refractivity contribution in [1.29, 1.82) is 0 Å². The number of Topliss-reactive ketones (excluding diaryl/α,β-unsaturated/α-hetero) is 1. The maximum atomic E-state index is 12.5. The zero-order valence-corrected chi connectivity index (χ0v) is 19.9. The number of benzene rings is 2. The van der Waals surface area contributed by atoms with Crippen molar-refractivity contribution < 1.29 is 23.8 Å². The van der Waals surface area contributed by atoms with Crippen LogP contribution in [-0.2, 0) is 11.2 Å². The van der Waals surface area contributed by atoms with Crippen LogP contribution in [0.2, 0.25) is 0 Å². The molecule has 182 valence electrons. The Morgan fingerprint density at radius 3 is 2.47 bits per heavy atom. The van der Waals surface area contributed by atoms with Gasteiger partial charge in [-0.3, -0.25) is 9.59 Å². The SMILES string of the molecule is COc1ccc(C(=O)CCC(=O)NCC(Cc2ccc3c(c2)OCCO3)CN2CCCC2)cc1. The number of carbonyl (C=O) groups is 2. The Morgan fingerprint density at radius 1 is 1.00 bits per heavy atom. The van der Waals surface area contributed by atoms with Gasteiger partial charge in [0.05, 0.1) is 7.11 Å². The van der Waals surface area contributed by atoms with E-state index in [4.69, 9.17) is 14.2 Å². The van der Waals surface area contributed by atoms with E-state index in [0.717, 1.165) is 37.6 Å². The second-order valence-electron chi connectivity index (χ2n) is 9.01. The first-order chi connectivity index (χ1) is 16.6. The summed E-state index contributed by atoms with van der Waals surface area (Å²) in [7, 11) is 1.59. The number of fused-ring (bicyclic) bond motifs is 1. The van der Waals surface area contributed by atoms with Gasteiger partial charge < -0.3 is 24.4 Å². The van der Waals surface area contributed by atoms with Crippen LogP contribution in [0, 0.1) is 5.92 Å². The minimum Gasteiger partial charge on any atom is -0.497 e. The summed E-state index contributed by atoms with van der Waals surface area (Å²) < 4.78 is 16.5. The van der Waals surface area contributed by atoms with Gasteiger partial charge in [-0.05, 0) is 80.2 Å². The van der Waals surface area contributed by atoms with Crippen LogP contribution in [0.25, 0.3) is 0 Å². The molecular formula is C27H34N2O5. The highest BCUT2D eigenvalue weighted by Gasteiger charge is 2.20. The molecule has 7 nitrogen and oxygen atoms in total. The molecule has 0 aliphatic carbocycles. The molecule has 0 spiro atoms. The monoisotopic (exact) mass is 466 g/mol. The van der Waals surface area contributed by atoms with E-state index in [2.05, 4.69) is 22.3 Å². The van der Waals surface area contributed by atoms with Crippen molar-refractivity contribution in [3.05, 3.63) is 53.6 Å². The highest BCUT2D eigenvalue weighted by molar-refractivity contribution is 5.98. The average Bonchev–Trinajstić information content (AvgIpc) is 3.39. The predicted molar refractivity (Wildman–Crippen MR) is 130 cm³/mol. The fourth-order valence-corrected chi connectivity index (χ4v) is 4.57. The van der Waals surface area contributed by atoms with Crippen LogP contribution in [0.3, 0.4) is 0 Å². The maximum Gasteiger partial charge on any atom is 0.220 e. The van der Waals surface area contributed by atoms with E-state index in [1.54, 1.807) is 31.4 Å². The fourth-order valence-electron chi connectivity index (χ4n) is 4.57. The van der Waals surface area contributed by atoms with E-state index in [-0.39, 0.29) is 30.4 Å². The second kappa shape index (κ2) is 11.9. The molecule has 0 bridgehead atoms. The number of hydrogen-bond acceptors (Lipinski definition) is 6. The van der Waals surface area contributed by atoms with E-state index >= 15 is 0 Å². The molecule has 0 aromatic heterocycles. The Morgan fingerprint density at radius 2 is 1.74 bits per heavy atom. The van der Waals surface area contributed by atoms with Crippen LogP contribution in [0.1, 0.15) is 41.6 Å². The number of ether oxygens (including phenoxy) is 3. The first-order valence-electron chi connectivity index (χ1n) is 12.2. The first kappa shape index (κ1) is 24.1. The Hall–Kier alpha value is -3.06. The molecule has 4 rings (SSSR count). The van der Waals surface area contributed by atoms with Crippen LogP contribution in [0.4, 0.5) is 0 Å². The lowest BCUT2D eigenvalue weighted by Crippen LogP contribution is -2.37. The van der Waals surface area contributed by atoms with Crippen molar-refractivity contribution in [3.63, 3.8) is 0 Å². The number of ketones is 1. The zero-order chi connectivity index (χ0) is 23.8. The number of amides is 1. The normalized spacial score (nSPS) is 16.1. The van der Waals surface area contributed by atoms with Gasteiger partial charge in [0, 0.05) is 31.5 Å². The molecule has 2 aromatic rings. The lowest BCUT2D eigenvalue weighted by Gasteiger charge is -2.25. The summed E-state index contributed by atoms with van der Waals surface area (Å²) in [6, 6.07) is 13.1. The summed E-state index contributed by atoms with van der Waals surface area (Å²) in [4.78, 5) is 27.4. The van der Waals surface area contributed by atoms with Crippen molar-refractivity contribution >= 4 is 11.7 Å². The number of methoxy groups -OCH3 is 1. The maximum absolute atomic E-state index is 12.5. The minimum absolute atomic E-state index is 0.0392. The van der Waals surface area contributed by atoms with Crippen molar-refractivity contribution in [2.45, 2.75) is 32.1 Å². The van der Waals surface area contributed by atoms with Crippen molar-refractivity contribution in [2.75, 3.05) is 46.5 Å².